The summed E-state index contributed by atoms with van der Waals surface area (Å²) in [6.07, 6.45) is 0.227. The van der Waals surface area contributed by atoms with E-state index in [1.807, 2.05) is 90.7 Å². The maximum atomic E-state index is 13.2. The third kappa shape index (κ3) is 6.94. The van der Waals surface area contributed by atoms with Crippen LogP contribution in [0.4, 0.5) is 0 Å². The number of hydrogen-bond donors (Lipinski definition) is 3. The highest BCUT2D eigenvalue weighted by atomic mass is 35.5. The van der Waals surface area contributed by atoms with E-state index >= 15 is 0 Å². The molecule has 3 N–H and O–H groups in total. The van der Waals surface area contributed by atoms with E-state index in [0.717, 1.165) is 12.1 Å². The zero-order valence-corrected chi connectivity index (χ0v) is 28.1. The van der Waals surface area contributed by atoms with E-state index in [9.17, 15) is 24.9 Å². The summed E-state index contributed by atoms with van der Waals surface area (Å²) in [6, 6.07) is 13.7. The molecule has 1 heterocycles. The summed E-state index contributed by atoms with van der Waals surface area (Å²) in [4.78, 5) is 30.4. The molecule has 0 atom stereocenters. The zero-order valence-electron chi connectivity index (χ0n) is 27.3. The van der Waals surface area contributed by atoms with E-state index in [-0.39, 0.29) is 35.7 Å². The van der Waals surface area contributed by atoms with Gasteiger partial charge in [0.25, 0.3) is 0 Å². The third-order valence-electron chi connectivity index (χ3n) is 8.56. The molecule has 2 aromatic carbocycles. The van der Waals surface area contributed by atoms with Crippen LogP contribution in [0.15, 0.2) is 65.0 Å². The third-order valence-corrected chi connectivity index (χ3v) is 8.56. The molecule has 0 aliphatic carbocycles. The van der Waals surface area contributed by atoms with E-state index < -0.39 is 28.2 Å². The van der Waals surface area contributed by atoms with E-state index in [0.29, 0.717) is 41.2 Å². The normalized spacial score (nSPS) is 15.6. The number of nitrogens with zero attached hydrogens (tertiary/aromatic N) is 2. The van der Waals surface area contributed by atoms with Gasteiger partial charge < -0.3 is 25.1 Å². The van der Waals surface area contributed by atoms with Gasteiger partial charge in [-0.25, -0.2) is 9.59 Å². The summed E-state index contributed by atoms with van der Waals surface area (Å²) in [5.74, 6) is -2.13. The molecule has 3 rings (SSSR count). The maximum absolute atomic E-state index is 13.2. The number of carbonyl (C=O) groups is 2. The van der Waals surface area contributed by atoms with Crippen LogP contribution in [-0.2, 0) is 32.4 Å². The molecule has 8 heteroatoms. The molecule has 0 saturated heterocycles. The second-order valence-corrected chi connectivity index (χ2v) is 13.6. The number of aromatic hydroxyl groups is 1. The molecule has 0 bridgehead atoms. The highest BCUT2D eigenvalue weighted by Gasteiger charge is 2.51. The minimum atomic E-state index is -1.42. The van der Waals surface area contributed by atoms with Gasteiger partial charge in [0.2, 0.25) is 0 Å². The van der Waals surface area contributed by atoms with Crippen molar-refractivity contribution in [2.75, 3.05) is 20.1 Å². The van der Waals surface area contributed by atoms with Gasteiger partial charge in [-0.3, -0.25) is 0 Å². The van der Waals surface area contributed by atoms with Crippen LogP contribution in [0.25, 0.3) is 0 Å². The Morgan fingerprint density at radius 1 is 0.860 bits per heavy atom. The van der Waals surface area contributed by atoms with Crippen LogP contribution in [0.1, 0.15) is 91.0 Å². The Labute approximate surface area is 263 Å². The first-order valence-electron chi connectivity index (χ1n) is 14.7. The second kappa shape index (κ2) is 13.1. The molecule has 0 amide bonds. The van der Waals surface area contributed by atoms with Crippen molar-refractivity contribution in [1.29, 1.82) is 0 Å². The lowest BCUT2D eigenvalue weighted by atomic mass is 9.62. The number of carboxylic acid groups (broad SMARTS) is 2. The Morgan fingerprint density at radius 3 is 1.67 bits per heavy atom. The molecule has 2 aromatic rings. The van der Waals surface area contributed by atoms with Crippen LogP contribution in [-0.4, -0.2) is 57.2 Å². The quantitative estimate of drug-likeness (QED) is 0.275. The average Bonchev–Trinajstić information content (AvgIpc) is 2.86. The van der Waals surface area contributed by atoms with Crippen LogP contribution in [0.5, 0.6) is 5.75 Å². The highest BCUT2D eigenvalue weighted by molar-refractivity contribution is 6.00. The number of benzene rings is 2. The number of aliphatic carboxylic acids is 2. The monoisotopic (exact) mass is 612 g/mol. The SMILES string of the molecule is CCC1(c2cc(C(C)(C)C)c(O)c(C(C)(C)C)c2)C(C(=O)O)=C(C)N(CCN(C)Cc2ccccc2)C(C)=C1C(=O)O.Cl. The number of carboxylic acids is 2. The lowest BCUT2D eigenvalue weighted by Gasteiger charge is -2.45. The van der Waals surface area contributed by atoms with Gasteiger partial charge in [-0.15, -0.1) is 12.4 Å². The standard InChI is InChI=1S/C35H48N2O5.ClH/c1-11-35(25-19-26(33(4,5)6)30(38)27(20-25)34(7,8)9)28(31(39)40)22(2)37(23(3)29(35)32(41)42)18-17-36(10)21-24-15-13-12-14-16-24;/h12-16,19-20,38H,11,17-18,21H2,1-10H3,(H,39,40)(H,41,42);1H. The predicted molar refractivity (Wildman–Crippen MR) is 175 cm³/mol. The van der Waals surface area contributed by atoms with Crippen molar-refractivity contribution in [2.45, 2.75) is 91.5 Å². The largest absolute Gasteiger partial charge is 0.507 e. The van der Waals surface area contributed by atoms with Crippen molar-refractivity contribution >= 4 is 24.3 Å². The summed E-state index contributed by atoms with van der Waals surface area (Å²) in [6.45, 7) is 19.1. The molecule has 0 saturated carbocycles. The Kier molecular flexibility index (Phi) is 11.0. The van der Waals surface area contributed by atoms with Crippen molar-refractivity contribution < 1.29 is 24.9 Å². The molecule has 0 unspecified atom stereocenters. The molecule has 7 nitrogen and oxygen atoms in total. The summed E-state index contributed by atoms with van der Waals surface area (Å²) in [5, 5.41) is 32.9. The van der Waals surface area contributed by atoms with Gasteiger partial charge in [0.15, 0.2) is 0 Å². The number of allylic oxidation sites excluding steroid dienone is 2. The van der Waals surface area contributed by atoms with Gasteiger partial charge >= 0.3 is 11.9 Å². The number of phenols is 1. The van der Waals surface area contributed by atoms with Gasteiger partial charge in [-0.2, -0.15) is 0 Å². The first-order valence-corrected chi connectivity index (χ1v) is 14.7. The number of likely N-dealkylation sites (N-methyl/N-ethyl adjacent to an activating group) is 1. The Hall–Kier alpha value is -3.29. The molecular weight excluding hydrogens is 564 g/mol. The molecule has 236 valence electrons. The van der Waals surface area contributed by atoms with Crippen LogP contribution in [0.2, 0.25) is 0 Å². The summed E-state index contributed by atoms with van der Waals surface area (Å²) in [5.41, 5.74) is 1.88. The molecule has 0 aromatic heterocycles. The molecule has 1 aliphatic rings. The van der Waals surface area contributed by atoms with Crippen molar-refractivity contribution in [3.05, 3.63) is 87.3 Å². The van der Waals surface area contributed by atoms with Crippen molar-refractivity contribution in [1.82, 2.24) is 9.80 Å². The van der Waals surface area contributed by atoms with E-state index in [1.54, 1.807) is 13.8 Å². The van der Waals surface area contributed by atoms with Crippen LogP contribution < -0.4 is 0 Å². The molecule has 0 fully saturated rings. The Morgan fingerprint density at radius 2 is 1.30 bits per heavy atom. The summed E-state index contributed by atoms with van der Waals surface area (Å²) < 4.78 is 0. The van der Waals surface area contributed by atoms with Gasteiger partial charge in [-0.05, 0) is 60.4 Å². The first kappa shape index (κ1) is 35.9. The number of halogens is 1. The predicted octanol–water partition coefficient (Wildman–Crippen LogP) is 7.22. The average molecular weight is 613 g/mol. The molecular formula is C35H49ClN2O5. The fraction of sp³-hybridized carbons (Fsp3) is 0.486. The lowest BCUT2D eigenvalue weighted by Crippen LogP contribution is -2.47. The fourth-order valence-electron chi connectivity index (χ4n) is 6.39. The van der Waals surface area contributed by atoms with Crippen LogP contribution in [0, 0.1) is 0 Å². The number of hydrogen-bond acceptors (Lipinski definition) is 5. The minimum Gasteiger partial charge on any atom is -0.507 e. The molecule has 1 aliphatic heterocycles. The summed E-state index contributed by atoms with van der Waals surface area (Å²) >= 11 is 0. The highest BCUT2D eigenvalue weighted by Crippen LogP contribution is 2.52. The van der Waals surface area contributed by atoms with Crippen molar-refractivity contribution in [2.24, 2.45) is 0 Å². The summed E-state index contributed by atoms with van der Waals surface area (Å²) in [7, 11) is 2.00. The smallest absolute Gasteiger partial charge is 0.334 e. The van der Waals surface area contributed by atoms with Crippen LogP contribution >= 0.6 is 12.4 Å². The van der Waals surface area contributed by atoms with Crippen LogP contribution in [0.3, 0.4) is 0 Å². The fourth-order valence-corrected chi connectivity index (χ4v) is 6.39. The number of rotatable bonds is 9. The van der Waals surface area contributed by atoms with Gasteiger partial charge in [0, 0.05) is 31.0 Å². The van der Waals surface area contributed by atoms with E-state index in [1.165, 1.54) is 0 Å². The topological polar surface area (TPSA) is 101 Å². The molecule has 0 spiro atoms. The van der Waals surface area contributed by atoms with Gasteiger partial charge in [-0.1, -0.05) is 90.9 Å². The first-order chi connectivity index (χ1) is 19.4. The second-order valence-electron chi connectivity index (χ2n) is 13.6. The maximum Gasteiger partial charge on any atom is 0.334 e. The lowest BCUT2D eigenvalue weighted by molar-refractivity contribution is -0.134. The van der Waals surface area contributed by atoms with Crippen molar-refractivity contribution in [3.8, 4) is 5.75 Å². The Bertz CT molecular complexity index is 1340. The minimum absolute atomic E-state index is 0. The van der Waals surface area contributed by atoms with Crippen molar-refractivity contribution in [3.63, 3.8) is 0 Å². The van der Waals surface area contributed by atoms with Gasteiger partial charge in [0.05, 0.1) is 16.6 Å². The number of phenolic OH excluding ortho intramolecular Hbond substituents is 1. The van der Waals surface area contributed by atoms with E-state index in [2.05, 4.69) is 17.0 Å². The molecule has 0 radical (unpaired) electrons. The van der Waals surface area contributed by atoms with Gasteiger partial charge in [0.1, 0.15) is 5.75 Å². The Balaban J connectivity index is 0.00000645. The molecule has 43 heavy (non-hydrogen) atoms. The zero-order chi connectivity index (χ0) is 31.8. The van der Waals surface area contributed by atoms with E-state index in [4.69, 9.17) is 0 Å².